The Hall–Kier alpha value is 0.177. The summed E-state index contributed by atoms with van der Waals surface area (Å²) in [6, 6.07) is 0. The van der Waals surface area contributed by atoms with Crippen LogP contribution in [0.5, 0.6) is 0 Å². The van der Waals surface area contributed by atoms with E-state index in [-0.39, 0.29) is 11.0 Å². The second-order valence-electron chi connectivity index (χ2n) is 1.10. The molecule has 0 radical (unpaired) electrons. The monoisotopic (exact) mass is 89.1 g/mol. The van der Waals surface area contributed by atoms with Gasteiger partial charge in [0, 0.05) is 0 Å². The molecule has 0 aromatic heterocycles. The van der Waals surface area contributed by atoms with Crippen LogP contribution in [-0.2, 0) is 0 Å². The van der Waals surface area contributed by atoms with Gasteiger partial charge < -0.3 is 5.32 Å². The highest BCUT2D eigenvalue weighted by molar-refractivity contribution is 5.75. The van der Waals surface area contributed by atoms with E-state index in [9.17, 15) is 0 Å². The molecule has 1 aliphatic heterocycles. The molecular weight excluding hydrogens is 78.1 g/mol. The van der Waals surface area contributed by atoms with Crippen molar-refractivity contribution in [3.8, 4) is 0 Å². The van der Waals surface area contributed by atoms with Crippen molar-refractivity contribution in [1.82, 2.24) is 5.32 Å². The SMILES string of the molecule is C1CNC1.[SiH4]. The van der Waals surface area contributed by atoms with Crippen LogP contribution < -0.4 is 5.32 Å². The van der Waals surface area contributed by atoms with Gasteiger partial charge in [-0.15, -0.1) is 0 Å². The van der Waals surface area contributed by atoms with E-state index in [1.54, 1.807) is 0 Å². The minimum absolute atomic E-state index is 0. The Morgan fingerprint density at radius 3 is 1.40 bits per heavy atom. The second kappa shape index (κ2) is 2.42. The Kier molecular flexibility index (Phi) is 2.50. The minimum atomic E-state index is 0. The maximum atomic E-state index is 3.11. The van der Waals surface area contributed by atoms with Crippen LogP contribution in [0.4, 0.5) is 0 Å². The summed E-state index contributed by atoms with van der Waals surface area (Å²) in [7, 11) is 0. The molecule has 1 fully saturated rings. The van der Waals surface area contributed by atoms with Crippen LogP contribution in [0.1, 0.15) is 6.42 Å². The van der Waals surface area contributed by atoms with E-state index in [4.69, 9.17) is 0 Å². The Balaban J connectivity index is 0.000000160. The molecule has 1 aliphatic rings. The minimum Gasteiger partial charge on any atom is -0.317 e. The summed E-state index contributed by atoms with van der Waals surface area (Å²) in [5, 5.41) is 3.11. The molecule has 0 atom stereocenters. The van der Waals surface area contributed by atoms with E-state index in [1.165, 1.54) is 19.5 Å². The van der Waals surface area contributed by atoms with Gasteiger partial charge in [-0.25, -0.2) is 0 Å². The lowest BCUT2D eigenvalue weighted by Gasteiger charge is -2.09. The molecule has 0 saturated carbocycles. The molecular formula is C3H11NSi. The first-order valence-corrected chi connectivity index (χ1v) is 1.71. The summed E-state index contributed by atoms with van der Waals surface area (Å²) in [4.78, 5) is 0. The zero-order chi connectivity index (χ0) is 2.83. The predicted octanol–water partition coefficient (Wildman–Crippen LogP) is -1.47. The molecule has 1 nitrogen and oxygen atoms in total. The lowest BCUT2D eigenvalue weighted by molar-refractivity contribution is 0.527. The van der Waals surface area contributed by atoms with Crippen LogP contribution in [0.2, 0.25) is 0 Å². The van der Waals surface area contributed by atoms with Gasteiger partial charge in [-0.3, -0.25) is 0 Å². The summed E-state index contributed by atoms with van der Waals surface area (Å²) in [6.45, 7) is 2.50. The Morgan fingerprint density at radius 1 is 1.20 bits per heavy atom. The van der Waals surface area contributed by atoms with Crippen molar-refractivity contribution in [2.45, 2.75) is 6.42 Å². The van der Waals surface area contributed by atoms with Crippen LogP contribution in [-0.4, -0.2) is 24.1 Å². The van der Waals surface area contributed by atoms with E-state index >= 15 is 0 Å². The predicted molar refractivity (Wildman–Crippen MR) is 28.8 cm³/mol. The van der Waals surface area contributed by atoms with Gasteiger partial charge in [0.05, 0.1) is 0 Å². The fraction of sp³-hybridized carbons (Fsp3) is 1.00. The molecule has 32 valence electrons. The first-order valence-electron chi connectivity index (χ1n) is 1.71. The number of nitrogens with one attached hydrogen (secondary N) is 1. The van der Waals surface area contributed by atoms with Crippen molar-refractivity contribution in [2.24, 2.45) is 0 Å². The maximum Gasteiger partial charge on any atom is -0.00368 e. The molecule has 1 rings (SSSR count). The first-order chi connectivity index (χ1) is 2.00. The highest BCUT2D eigenvalue weighted by Gasteiger charge is 1.92. The van der Waals surface area contributed by atoms with E-state index < -0.39 is 0 Å². The highest BCUT2D eigenvalue weighted by Crippen LogP contribution is 1.80. The summed E-state index contributed by atoms with van der Waals surface area (Å²) >= 11 is 0. The molecule has 0 bridgehead atoms. The average molecular weight is 89.2 g/mol. The van der Waals surface area contributed by atoms with Crippen molar-refractivity contribution in [3.63, 3.8) is 0 Å². The molecule has 0 amide bonds. The van der Waals surface area contributed by atoms with E-state index in [0.717, 1.165) is 0 Å². The molecule has 0 aromatic rings. The maximum absolute atomic E-state index is 3.11. The number of rotatable bonds is 0. The van der Waals surface area contributed by atoms with E-state index in [2.05, 4.69) is 5.32 Å². The lowest BCUT2D eigenvalue weighted by atomic mass is 10.3. The average Bonchev–Trinajstić information content (AvgIpc) is 0.722. The third-order valence-electron chi connectivity index (χ3n) is 0.707. The van der Waals surface area contributed by atoms with Gasteiger partial charge in [0.15, 0.2) is 0 Å². The standard InChI is InChI=1S/C3H7N.H4Si/c1-2-4-3-1;/h4H,1-3H2;1H4. The summed E-state index contributed by atoms with van der Waals surface area (Å²) in [5.74, 6) is 0. The molecule has 0 aliphatic carbocycles. The molecule has 0 aromatic carbocycles. The second-order valence-corrected chi connectivity index (χ2v) is 1.10. The molecule has 0 unspecified atom stereocenters. The van der Waals surface area contributed by atoms with Crippen molar-refractivity contribution in [2.75, 3.05) is 13.1 Å². The third-order valence-corrected chi connectivity index (χ3v) is 0.707. The fourth-order valence-electron chi connectivity index (χ4n) is 0.177. The largest absolute Gasteiger partial charge is 0.317 e. The van der Waals surface area contributed by atoms with Crippen molar-refractivity contribution in [1.29, 1.82) is 0 Å². The van der Waals surface area contributed by atoms with E-state index in [1.807, 2.05) is 0 Å². The molecule has 0 spiro atoms. The fourth-order valence-corrected chi connectivity index (χ4v) is 0.177. The summed E-state index contributed by atoms with van der Waals surface area (Å²) < 4.78 is 0. The third kappa shape index (κ3) is 1.13. The van der Waals surface area contributed by atoms with Gasteiger partial charge in [-0.2, -0.15) is 0 Å². The van der Waals surface area contributed by atoms with Crippen LogP contribution in [0.3, 0.4) is 0 Å². The number of hydrogen-bond acceptors (Lipinski definition) is 1. The Labute approximate surface area is 36.8 Å². The number of hydrogen-bond donors (Lipinski definition) is 1. The Bertz CT molecular complexity index is 14.9. The van der Waals surface area contributed by atoms with Crippen LogP contribution in [0, 0.1) is 0 Å². The first kappa shape index (κ1) is 5.18. The summed E-state index contributed by atoms with van der Waals surface area (Å²) in [6.07, 6.45) is 1.39. The van der Waals surface area contributed by atoms with Crippen molar-refractivity contribution < 1.29 is 0 Å². The molecule has 1 N–H and O–H groups in total. The zero-order valence-electron chi connectivity index (χ0n) is 2.62. The molecule has 1 heterocycles. The normalized spacial score (nSPS) is 19.2. The zero-order valence-corrected chi connectivity index (χ0v) is 2.62. The van der Waals surface area contributed by atoms with Crippen molar-refractivity contribution in [3.05, 3.63) is 0 Å². The quantitative estimate of drug-likeness (QED) is 0.357. The van der Waals surface area contributed by atoms with Gasteiger partial charge >= 0.3 is 0 Å². The van der Waals surface area contributed by atoms with Crippen LogP contribution >= 0.6 is 0 Å². The van der Waals surface area contributed by atoms with Gasteiger partial charge in [0.25, 0.3) is 0 Å². The van der Waals surface area contributed by atoms with Crippen LogP contribution in [0.25, 0.3) is 0 Å². The molecule has 5 heavy (non-hydrogen) atoms. The van der Waals surface area contributed by atoms with Crippen molar-refractivity contribution >= 4 is 11.0 Å². The van der Waals surface area contributed by atoms with Gasteiger partial charge in [-0.05, 0) is 30.5 Å². The van der Waals surface area contributed by atoms with E-state index in [0.29, 0.717) is 0 Å². The lowest BCUT2D eigenvalue weighted by Crippen LogP contribution is -2.29. The summed E-state index contributed by atoms with van der Waals surface area (Å²) in [5.41, 5.74) is 0. The van der Waals surface area contributed by atoms with Gasteiger partial charge in [0.2, 0.25) is 0 Å². The van der Waals surface area contributed by atoms with Crippen LogP contribution in [0.15, 0.2) is 0 Å². The Morgan fingerprint density at radius 2 is 1.40 bits per heavy atom. The topological polar surface area (TPSA) is 12.0 Å². The molecule has 2 heteroatoms. The molecule has 1 saturated heterocycles. The smallest absolute Gasteiger partial charge is 0.00368 e. The van der Waals surface area contributed by atoms with Gasteiger partial charge in [-0.1, -0.05) is 0 Å². The van der Waals surface area contributed by atoms with Gasteiger partial charge in [0.1, 0.15) is 0 Å². The highest BCUT2D eigenvalue weighted by atomic mass is 28.1.